The summed E-state index contributed by atoms with van der Waals surface area (Å²) in [6, 6.07) is 5.25. The van der Waals surface area contributed by atoms with Crippen molar-refractivity contribution in [3.63, 3.8) is 0 Å². The third-order valence-electron chi connectivity index (χ3n) is 3.70. The first-order chi connectivity index (χ1) is 10.1. The fourth-order valence-corrected chi connectivity index (χ4v) is 3.02. The van der Waals surface area contributed by atoms with Gasteiger partial charge in [-0.1, -0.05) is 30.1 Å². The first kappa shape index (κ1) is 16.2. The molecule has 2 rings (SSSR count). The minimum absolute atomic E-state index is 0.0772. The fraction of sp³-hybridized carbons (Fsp3) is 0.533. The van der Waals surface area contributed by atoms with E-state index in [9.17, 15) is 4.79 Å². The van der Waals surface area contributed by atoms with Gasteiger partial charge in [-0.2, -0.15) is 0 Å². The summed E-state index contributed by atoms with van der Waals surface area (Å²) < 4.78 is 5.47. The zero-order valence-corrected chi connectivity index (χ0v) is 13.6. The smallest absolute Gasteiger partial charge is 0.320 e. The molecule has 1 aromatic carbocycles. The Labute approximate surface area is 135 Å². The molecule has 21 heavy (non-hydrogen) atoms. The first-order valence-electron chi connectivity index (χ1n) is 7.24. The molecule has 0 aliphatic carbocycles. The lowest BCUT2D eigenvalue weighted by Crippen LogP contribution is -2.49. The number of ether oxygens (including phenoxy) is 1. The molecule has 1 heterocycles. The highest BCUT2D eigenvalue weighted by Gasteiger charge is 2.24. The van der Waals surface area contributed by atoms with E-state index in [1.54, 1.807) is 18.2 Å². The number of amides is 2. The Morgan fingerprint density at radius 3 is 2.95 bits per heavy atom. The maximum absolute atomic E-state index is 12.2. The molecule has 1 N–H and O–H groups in total. The Morgan fingerprint density at radius 2 is 2.24 bits per heavy atom. The molecular weight excluding hydrogens is 311 g/mol. The average Bonchev–Trinajstić information content (AvgIpc) is 2.49. The normalized spacial score (nSPS) is 18.4. The SMILES string of the molecule is CCC1CCCCN1C(=O)NCOc1ccc(Cl)cc1Cl. The van der Waals surface area contributed by atoms with Gasteiger partial charge in [0.25, 0.3) is 0 Å². The van der Waals surface area contributed by atoms with Gasteiger partial charge in [0, 0.05) is 17.6 Å². The summed E-state index contributed by atoms with van der Waals surface area (Å²) in [7, 11) is 0. The Morgan fingerprint density at radius 1 is 1.43 bits per heavy atom. The van der Waals surface area contributed by atoms with Crippen molar-refractivity contribution >= 4 is 29.2 Å². The van der Waals surface area contributed by atoms with E-state index < -0.39 is 0 Å². The summed E-state index contributed by atoms with van der Waals surface area (Å²) >= 11 is 11.8. The van der Waals surface area contributed by atoms with Crippen LogP contribution in [0.3, 0.4) is 0 Å². The third kappa shape index (κ3) is 4.42. The molecule has 1 saturated heterocycles. The van der Waals surface area contributed by atoms with Crippen LogP contribution in [0.15, 0.2) is 18.2 Å². The van der Waals surface area contributed by atoms with Crippen molar-refractivity contribution in [3.8, 4) is 5.75 Å². The number of carbonyl (C=O) groups is 1. The molecule has 1 fully saturated rings. The van der Waals surface area contributed by atoms with Crippen LogP contribution in [0.5, 0.6) is 5.75 Å². The van der Waals surface area contributed by atoms with Gasteiger partial charge in [0.2, 0.25) is 0 Å². The highest BCUT2D eigenvalue weighted by molar-refractivity contribution is 6.35. The highest BCUT2D eigenvalue weighted by Crippen LogP contribution is 2.27. The van der Waals surface area contributed by atoms with Gasteiger partial charge in [0.05, 0.1) is 5.02 Å². The van der Waals surface area contributed by atoms with Gasteiger partial charge in [-0.3, -0.25) is 0 Å². The molecule has 116 valence electrons. The van der Waals surface area contributed by atoms with Crippen molar-refractivity contribution in [3.05, 3.63) is 28.2 Å². The van der Waals surface area contributed by atoms with Gasteiger partial charge in [-0.05, 0) is 43.9 Å². The number of urea groups is 1. The summed E-state index contributed by atoms with van der Waals surface area (Å²) in [5, 5.41) is 3.76. The minimum atomic E-state index is -0.0772. The minimum Gasteiger partial charge on any atom is -0.472 e. The molecule has 1 aromatic rings. The van der Waals surface area contributed by atoms with Crippen LogP contribution in [0.2, 0.25) is 10.0 Å². The highest BCUT2D eigenvalue weighted by atomic mass is 35.5. The summed E-state index contributed by atoms with van der Waals surface area (Å²) in [5.41, 5.74) is 0. The predicted octanol–water partition coefficient (Wildman–Crippen LogP) is 4.30. The summed E-state index contributed by atoms with van der Waals surface area (Å²) in [6.45, 7) is 3.01. The Kier molecular flexibility index (Phi) is 6.00. The topological polar surface area (TPSA) is 41.6 Å². The molecule has 1 atom stereocenters. The van der Waals surface area contributed by atoms with Crippen LogP contribution in [-0.4, -0.2) is 30.2 Å². The number of hydrogen-bond acceptors (Lipinski definition) is 2. The van der Waals surface area contributed by atoms with Crippen molar-refractivity contribution in [1.29, 1.82) is 0 Å². The van der Waals surface area contributed by atoms with E-state index >= 15 is 0 Å². The third-order valence-corrected chi connectivity index (χ3v) is 4.23. The van der Waals surface area contributed by atoms with Crippen LogP contribution in [0.1, 0.15) is 32.6 Å². The standard InChI is InChI=1S/C15H20Cl2N2O2/c1-2-12-5-3-4-8-19(12)15(20)18-10-21-14-7-6-11(16)9-13(14)17/h6-7,9,12H,2-5,8,10H2,1H3,(H,18,20). The molecule has 2 amide bonds. The Bertz CT molecular complexity index is 497. The van der Waals surface area contributed by atoms with Gasteiger partial charge < -0.3 is 15.0 Å². The van der Waals surface area contributed by atoms with Crippen molar-refractivity contribution in [1.82, 2.24) is 10.2 Å². The monoisotopic (exact) mass is 330 g/mol. The molecule has 6 heteroatoms. The second-order valence-corrected chi connectivity index (χ2v) is 5.94. The molecule has 1 aliphatic rings. The number of nitrogens with one attached hydrogen (secondary N) is 1. The maximum Gasteiger partial charge on any atom is 0.320 e. The van der Waals surface area contributed by atoms with Gasteiger partial charge in [-0.15, -0.1) is 0 Å². The van der Waals surface area contributed by atoms with E-state index in [4.69, 9.17) is 27.9 Å². The Balaban J connectivity index is 1.83. The van der Waals surface area contributed by atoms with Crippen LogP contribution in [0.25, 0.3) is 0 Å². The molecule has 4 nitrogen and oxygen atoms in total. The fourth-order valence-electron chi connectivity index (χ4n) is 2.56. The molecule has 0 spiro atoms. The number of halogens is 2. The molecule has 0 bridgehead atoms. The molecule has 0 saturated carbocycles. The van der Waals surface area contributed by atoms with E-state index in [1.165, 1.54) is 6.42 Å². The lowest BCUT2D eigenvalue weighted by atomic mass is 10.0. The average molecular weight is 331 g/mol. The van der Waals surface area contributed by atoms with Crippen LogP contribution in [0.4, 0.5) is 4.79 Å². The van der Waals surface area contributed by atoms with E-state index in [2.05, 4.69) is 12.2 Å². The van der Waals surface area contributed by atoms with Crippen LogP contribution >= 0.6 is 23.2 Å². The van der Waals surface area contributed by atoms with Crippen LogP contribution in [-0.2, 0) is 0 Å². The van der Waals surface area contributed by atoms with Gasteiger partial charge in [0.1, 0.15) is 5.75 Å². The van der Waals surface area contributed by atoms with E-state index in [1.807, 2.05) is 4.90 Å². The van der Waals surface area contributed by atoms with Gasteiger partial charge in [-0.25, -0.2) is 4.79 Å². The molecule has 1 unspecified atom stereocenters. The number of piperidine rings is 1. The van der Waals surface area contributed by atoms with Crippen molar-refractivity contribution < 1.29 is 9.53 Å². The molecule has 0 radical (unpaired) electrons. The lowest BCUT2D eigenvalue weighted by molar-refractivity contribution is 0.141. The molecule has 0 aromatic heterocycles. The number of hydrogen-bond donors (Lipinski definition) is 1. The number of carbonyl (C=O) groups excluding carboxylic acids is 1. The predicted molar refractivity (Wildman–Crippen MR) is 85.1 cm³/mol. The first-order valence-corrected chi connectivity index (χ1v) is 7.99. The number of likely N-dealkylation sites (tertiary alicyclic amines) is 1. The second-order valence-electron chi connectivity index (χ2n) is 5.10. The zero-order valence-electron chi connectivity index (χ0n) is 12.1. The quantitative estimate of drug-likeness (QED) is 0.836. The maximum atomic E-state index is 12.2. The van der Waals surface area contributed by atoms with Crippen LogP contribution < -0.4 is 10.1 Å². The molecule has 1 aliphatic heterocycles. The summed E-state index contributed by atoms with van der Waals surface area (Å²) in [5.74, 6) is 0.507. The van der Waals surface area contributed by atoms with E-state index in [0.717, 1.165) is 25.8 Å². The Hall–Kier alpha value is -1.13. The van der Waals surface area contributed by atoms with Crippen molar-refractivity contribution in [2.45, 2.75) is 38.6 Å². The van der Waals surface area contributed by atoms with E-state index in [-0.39, 0.29) is 12.8 Å². The summed E-state index contributed by atoms with van der Waals surface area (Å²) in [6.07, 6.45) is 4.32. The van der Waals surface area contributed by atoms with E-state index in [0.29, 0.717) is 21.8 Å². The van der Waals surface area contributed by atoms with Crippen LogP contribution in [0, 0.1) is 0 Å². The van der Waals surface area contributed by atoms with Crippen molar-refractivity contribution in [2.24, 2.45) is 0 Å². The second kappa shape index (κ2) is 7.76. The van der Waals surface area contributed by atoms with Crippen molar-refractivity contribution in [2.75, 3.05) is 13.3 Å². The van der Waals surface area contributed by atoms with Gasteiger partial charge in [0.15, 0.2) is 6.73 Å². The number of nitrogens with zero attached hydrogens (tertiary/aromatic N) is 1. The summed E-state index contributed by atoms with van der Waals surface area (Å²) in [4.78, 5) is 14.1. The zero-order chi connectivity index (χ0) is 15.2. The lowest BCUT2D eigenvalue weighted by Gasteiger charge is -2.35. The molecular formula is C15H20Cl2N2O2. The van der Waals surface area contributed by atoms with Gasteiger partial charge >= 0.3 is 6.03 Å². The number of benzene rings is 1. The number of rotatable bonds is 4. The largest absolute Gasteiger partial charge is 0.472 e.